The Morgan fingerprint density at radius 1 is 0.470 bits per heavy atom. The van der Waals surface area contributed by atoms with Gasteiger partial charge in [0.25, 0.3) is 0 Å². The van der Waals surface area contributed by atoms with Gasteiger partial charge >= 0.3 is 25.9 Å². The lowest BCUT2D eigenvalue weighted by Crippen LogP contribution is -2.30. The smallest absolute Gasteiger partial charge is 0.462 e. The largest absolute Gasteiger partial charge is 0.472 e. The molecule has 0 aliphatic heterocycles. The van der Waals surface area contributed by atoms with E-state index in [0.717, 1.165) is 38.5 Å². The first-order valence-electron chi connectivity index (χ1n) is 26.5. The van der Waals surface area contributed by atoms with Gasteiger partial charge in [0.05, 0.1) is 52.9 Å². The van der Waals surface area contributed by atoms with Gasteiger partial charge < -0.3 is 44.4 Å². The van der Waals surface area contributed by atoms with E-state index in [1.54, 1.807) is 0 Å². The number of phosphoric ester groups is 1. The number of alkyl carbamates (subject to hydrolysis) is 1. The molecule has 1 unspecified atom stereocenters. The Hall–Kier alpha value is -1.84. The first-order chi connectivity index (χ1) is 32.2. The zero-order valence-electron chi connectivity index (χ0n) is 42.1. The highest BCUT2D eigenvalue weighted by Gasteiger charge is 2.26. The second kappa shape index (κ2) is 51.0. The molecule has 0 fully saturated rings. The van der Waals surface area contributed by atoms with Crippen LogP contribution in [0.2, 0.25) is 0 Å². The first kappa shape index (κ1) is 64.2. The molecule has 0 radical (unpaired) electrons. The maximum atomic E-state index is 12.8. The van der Waals surface area contributed by atoms with Gasteiger partial charge in [-0.15, -0.1) is 0 Å². The Labute approximate surface area is 401 Å². The molecule has 66 heavy (non-hydrogen) atoms. The average molecular weight is 967 g/mol. The van der Waals surface area contributed by atoms with Crippen molar-refractivity contribution in [1.29, 1.82) is 0 Å². The summed E-state index contributed by atoms with van der Waals surface area (Å²) in [6, 6.07) is 0. The summed E-state index contributed by atoms with van der Waals surface area (Å²) in [4.78, 5) is 47.6. The molecular weight excluding hydrogens is 868 g/mol. The minimum Gasteiger partial charge on any atom is -0.462 e. The van der Waals surface area contributed by atoms with Gasteiger partial charge in [0.1, 0.15) is 13.2 Å². The third kappa shape index (κ3) is 50.0. The number of carbonyl (C=O) groups excluding carboxylic acids is 3. The summed E-state index contributed by atoms with van der Waals surface area (Å²) in [6.07, 6.45) is 35.2. The molecule has 0 aliphatic carbocycles. The zero-order chi connectivity index (χ0) is 48.3. The van der Waals surface area contributed by atoms with E-state index in [4.69, 9.17) is 43.2 Å². The molecule has 0 aromatic rings. The maximum absolute atomic E-state index is 12.8. The molecule has 16 heteroatoms. The lowest BCUT2D eigenvalue weighted by atomic mass is 10.0. The van der Waals surface area contributed by atoms with Gasteiger partial charge in [-0.25, -0.2) is 9.36 Å². The van der Waals surface area contributed by atoms with E-state index in [-0.39, 0.29) is 45.8 Å². The summed E-state index contributed by atoms with van der Waals surface area (Å²) in [6.45, 7) is 5.86. The van der Waals surface area contributed by atoms with Crippen LogP contribution in [0, 0.1) is 0 Å². The van der Waals surface area contributed by atoms with Crippen molar-refractivity contribution in [3.05, 3.63) is 0 Å². The van der Waals surface area contributed by atoms with E-state index in [0.29, 0.717) is 52.4 Å². The molecule has 2 atom stereocenters. The van der Waals surface area contributed by atoms with Crippen LogP contribution < -0.4 is 11.1 Å². The number of nitrogens with one attached hydrogen (secondary N) is 1. The molecule has 0 saturated heterocycles. The highest BCUT2D eigenvalue weighted by molar-refractivity contribution is 7.47. The van der Waals surface area contributed by atoms with Crippen LogP contribution in [-0.2, 0) is 51.6 Å². The summed E-state index contributed by atoms with van der Waals surface area (Å²) in [5.41, 5.74) is 5.35. The van der Waals surface area contributed by atoms with E-state index >= 15 is 0 Å². The summed E-state index contributed by atoms with van der Waals surface area (Å²) in [7, 11) is -4.61. The van der Waals surface area contributed by atoms with Gasteiger partial charge in [-0.1, -0.05) is 194 Å². The number of unbranched alkanes of at least 4 members (excludes halogenated alkanes) is 28. The number of carbonyl (C=O) groups is 3. The Balaban J connectivity index is 4.49. The summed E-state index contributed by atoms with van der Waals surface area (Å²) in [5.74, 6) is -0.911. The first-order valence-corrected chi connectivity index (χ1v) is 28.0. The molecular formula is C50H99N2O13P. The second-order valence-corrected chi connectivity index (χ2v) is 18.9. The van der Waals surface area contributed by atoms with Crippen molar-refractivity contribution in [3.8, 4) is 0 Å². The number of rotatable bonds is 53. The van der Waals surface area contributed by atoms with E-state index in [9.17, 15) is 23.8 Å². The Morgan fingerprint density at radius 2 is 0.848 bits per heavy atom. The highest BCUT2D eigenvalue weighted by Crippen LogP contribution is 2.43. The normalized spacial score (nSPS) is 12.8. The predicted molar refractivity (Wildman–Crippen MR) is 263 cm³/mol. The summed E-state index contributed by atoms with van der Waals surface area (Å²) >= 11 is 0. The topological polar surface area (TPSA) is 200 Å². The maximum Gasteiger partial charge on any atom is 0.472 e. The molecule has 0 heterocycles. The molecule has 0 aromatic carbocycles. The lowest BCUT2D eigenvalue weighted by molar-refractivity contribution is -0.161. The van der Waals surface area contributed by atoms with E-state index in [1.807, 2.05) is 0 Å². The monoisotopic (exact) mass is 967 g/mol. The molecule has 0 spiro atoms. The van der Waals surface area contributed by atoms with Gasteiger partial charge in [0, 0.05) is 25.9 Å². The van der Waals surface area contributed by atoms with Crippen LogP contribution in [0.5, 0.6) is 0 Å². The van der Waals surface area contributed by atoms with Crippen LogP contribution in [0.1, 0.15) is 219 Å². The molecule has 0 aliphatic rings. The lowest BCUT2D eigenvalue weighted by Gasteiger charge is -2.20. The van der Waals surface area contributed by atoms with Gasteiger partial charge in [0.15, 0.2) is 6.10 Å². The molecule has 1 amide bonds. The SMILES string of the molecule is CCCCCCCCCCCCCCCCCC(=O)OC[C@H](COP(=O)(O)OCCNC(=O)OCCOCCOCCOCCN)OC(=O)CCCCCCCCCCCCCCCCC. The van der Waals surface area contributed by atoms with Crippen molar-refractivity contribution < 1.29 is 61.3 Å². The average Bonchev–Trinajstić information content (AvgIpc) is 3.30. The molecule has 0 saturated carbocycles. The van der Waals surface area contributed by atoms with Crippen LogP contribution in [0.3, 0.4) is 0 Å². The van der Waals surface area contributed by atoms with Crippen LogP contribution >= 0.6 is 7.82 Å². The molecule has 0 bridgehead atoms. The number of ether oxygens (including phenoxy) is 6. The minimum atomic E-state index is -4.61. The van der Waals surface area contributed by atoms with Gasteiger partial charge in [0.2, 0.25) is 0 Å². The van der Waals surface area contributed by atoms with Crippen molar-refractivity contribution >= 4 is 25.9 Å². The third-order valence-corrected chi connectivity index (χ3v) is 12.2. The number of esters is 2. The third-order valence-electron chi connectivity index (χ3n) is 11.2. The van der Waals surface area contributed by atoms with Crippen LogP contribution in [0.15, 0.2) is 0 Å². The fraction of sp³-hybridized carbons (Fsp3) is 0.940. The standard InChI is InChI=1S/C50H99N2O13P/c1-3-5-7-9-11-13-15-17-19-21-23-25-27-29-31-33-48(53)62-45-47(65-49(54)34-32-30-28-26-24-22-20-18-16-14-12-10-8-6-4-2)46-64-66(56,57)63-38-36-52-50(55)61-44-43-60-42-41-59-40-39-58-37-35-51/h47H,3-46,51H2,1-2H3,(H,52,55)(H,56,57)/t47-/m1/s1. The minimum absolute atomic E-state index is 0.00248. The van der Waals surface area contributed by atoms with Crippen LogP contribution in [0.4, 0.5) is 4.79 Å². The molecule has 15 nitrogen and oxygen atoms in total. The quantitative estimate of drug-likeness (QED) is 0.0225. The molecule has 392 valence electrons. The highest BCUT2D eigenvalue weighted by atomic mass is 31.2. The molecule has 0 aromatic heterocycles. The van der Waals surface area contributed by atoms with E-state index in [1.165, 1.54) is 141 Å². The number of hydrogen-bond donors (Lipinski definition) is 3. The van der Waals surface area contributed by atoms with E-state index in [2.05, 4.69) is 19.2 Å². The number of amides is 1. The van der Waals surface area contributed by atoms with Gasteiger partial charge in [-0.3, -0.25) is 18.6 Å². The van der Waals surface area contributed by atoms with Crippen molar-refractivity contribution in [2.75, 3.05) is 79.2 Å². The zero-order valence-corrected chi connectivity index (χ0v) is 43.0. The van der Waals surface area contributed by atoms with Crippen molar-refractivity contribution in [1.82, 2.24) is 5.32 Å². The second-order valence-electron chi connectivity index (χ2n) is 17.5. The van der Waals surface area contributed by atoms with E-state index < -0.39 is 38.6 Å². The van der Waals surface area contributed by atoms with Crippen molar-refractivity contribution in [3.63, 3.8) is 0 Å². The number of phosphoric acid groups is 1. The number of hydrogen-bond acceptors (Lipinski definition) is 13. The summed E-state index contributed by atoms with van der Waals surface area (Å²) < 4.78 is 54.7. The Morgan fingerprint density at radius 3 is 1.27 bits per heavy atom. The van der Waals surface area contributed by atoms with Gasteiger partial charge in [-0.05, 0) is 12.8 Å². The number of nitrogens with two attached hydrogens (primary N) is 1. The summed E-state index contributed by atoms with van der Waals surface area (Å²) in [5, 5.41) is 2.41. The predicted octanol–water partition coefficient (Wildman–Crippen LogP) is 11.8. The fourth-order valence-corrected chi connectivity index (χ4v) is 8.05. The molecule has 4 N–H and O–H groups in total. The van der Waals surface area contributed by atoms with Gasteiger partial charge in [-0.2, -0.15) is 0 Å². The Kier molecular flexibility index (Phi) is 49.6. The van der Waals surface area contributed by atoms with Crippen molar-refractivity contribution in [2.24, 2.45) is 5.73 Å². The van der Waals surface area contributed by atoms with Crippen LogP contribution in [0.25, 0.3) is 0 Å². The van der Waals surface area contributed by atoms with Crippen molar-refractivity contribution in [2.45, 2.75) is 225 Å². The Bertz CT molecular complexity index is 1120. The molecule has 0 rings (SSSR count). The fourth-order valence-electron chi connectivity index (χ4n) is 7.30. The van der Waals surface area contributed by atoms with Crippen LogP contribution in [-0.4, -0.2) is 108 Å².